The van der Waals surface area contributed by atoms with Gasteiger partial charge in [-0.25, -0.2) is 0 Å². The van der Waals surface area contributed by atoms with Crippen LogP contribution < -0.4 is 19.5 Å². The maximum atomic E-state index is 11.8. The molecule has 0 saturated heterocycles. The van der Waals surface area contributed by atoms with Crippen LogP contribution in [-0.4, -0.2) is 19.3 Å². The molecule has 0 aliphatic carbocycles. The standard InChI is InChI=1S/C17H14N2O4/c18-8-12-1-4-14(5-2-12)21-10-17(20)19-9-13-3-6-15-16(7-13)23-11-22-15/h1-7H,9-11H2,(H,19,20). The zero-order valence-corrected chi connectivity index (χ0v) is 12.2. The van der Waals surface area contributed by atoms with Gasteiger partial charge >= 0.3 is 0 Å². The quantitative estimate of drug-likeness (QED) is 0.913. The number of carbonyl (C=O) groups is 1. The van der Waals surface area contributed by atoms with Crippen molar-refractivity contribution in [1.29, 1.82) is 5.26 Å². The van der Waals surface area contributed by atoms with Crippen molar-refractivity contribution < 1.29 is 19.0 Å². The number of nitrogens with one attached hydrogen (secondary N) is 1. The highest BCUT2D eigenvalue weighted by atomic mass is 16.7. The number of hydrogen-bond acceptors (Lipinski definition) is 5. The topological polar surface area (TPSA) is 80.6 Å². The molecule has 2 aromatic carbocycles. The molecule has 3 rings (SSSR count). The summed E-state index contributed by atoms with van der Waals surface area (Å²) in [5.41, 5.74) is 1.46. The first-order chi connectivity index (χ1) is 11.2. The molecule has 6 heteroatoms. The van der Waals surface area contributed by atoms with Crippen molar-refractivity contribution in [3.63, 3.8) is 0 Å². The monoisotopic (exact) mass is 310 g/mol. The number of fused-ring (bicyclic) bond motifs is 1. The molecular formula is C17H14N2O4. The van der Waals surface area contributed by atoms with Gasteiger partial charge in [0.1, 0.15) is 5.75 Å². The van der Waals surface area contributed by atoms with Crippen LogP contribution in [-0.2, 0) is 11.3 Å². The molecule has 6 nitrogen and oxygen atoms in total. The minimum absolute atomic E-state index is 0.0869. The van der Waals surface area contributed by atoms with Crippen LogP contribution in [0.2, 0.25) is 0 Å². The minimum atomic E-state index is -0.230. The van der Waals surface area contributed by atoms with E-state index < -0.39 is 0 Å². The lowest BCUT2D eigenvalue weighted by Gasteiger charge is -2.08. The van der Waals surface area contributed by atoms with Crippen LogP contribution in [0.15, 0.2) is 42.5 Å². The van der Waals surface area contributed by atoms with Crippen molar-refractivity contribution in [2.75, 3.05) is 13.4 Å². The van der Waals surface area contributed by atoms with Gasteiger partial charge in [-0.2, -0.15) is 5.26 Å². The predicted molar refractivity (Wildman–Crippen MR) is 81.1 cm³/mol. The smallest absolute Gasteiger partial charge is 0.258 e. The number of rotatable bonds is 5. The number of hydrogen-bond donors (Lipinski definition) is 1. The zero-order valence-electron chi connectivity index (χ0n) is 12.2. The molecule has 0 atom stereocenters. The Bertz CT molecular complexity index is 750. The summed E-state index contributed by atoms with van der Waals surface area (Å²) in [5.74, 6) is 1.71. The van der Waals surface area contributed by atoms with E-state index in [-0.39, 0.29) is 19.3 Å². The lowest BCUT2D eigenvalue weighted by molar-refractivity contribution is -0.123. The summed E-state index contributed by atoms with van der Waals surface area (Å²) < 4.78 is 15.9. The van der Waals surface area contributed by atoms with Gasteiger partial charge in [-0.1, -0.05) is 6.07 Å². The Hall–Kier alpha value is -3.20. The summed E-state index contributed by atoms with van der Waals surface area (Å²) in [7, 11) is 0. The molecule has 1 N–H and O–H groups in total. The molecule has 1 aliphatic heterocycles. The average Bonchev–Trinajstić information content (AvgIpc) is 3.06. The van der Waals surface area contributed by atoms with E-state index in [1.54, 1.807) is 24.3 Å². The predicted octanol–water partition coefficient (Wildman–Crippen LogP) is 1.98. The van der Waals surface area contributed by atoms with E-state index in [1.807, 2.05) is 24.3 Å². The molecule has 1 heterocycles. The fraction of sp³-hybridized carbons (Fsp3) is 0.176. The Morgan fingerprint density at radius 3 is 2.74 bits per heavy atom. The van der Waals surface area contributed by atoms with Crippen molar-refractivity contribution in [3.8, 4) is 23.3 Å². The summed E-state index contributed by atoms with van der Waals surface area (Å²) in [6, 6.07) is 14.1. The molecule has 0 saturated carbocycles. The summed E-state index contributed by atoms with van der Waals surface area (Å²) in [6.45, 7) is 0.520. The third-order valence-corrected chi connectivity index (χ3v) is 3.28. The lowest BCUT2D eigenvalue weighted by Crippen LogP contribution is -2.28. The molecule has 0 radical (unpaired) electrons. The van der Waals surface area contributed by atoms with Crippen LogP contribution >= 0.6 is 0 Å². The van der Waals surface area contributed by atoms with Gasteiger partial charge in [0.15, 0.2) is 18.1 Å². The van der Waals surface area contributed by atoms with Gasteiger partial charge in [0.05, 0.1) is 11.6 Å². The summed E-state index contributed by atoms with van der Waals surface area (Å²) in [4.78, 5) is 11.8. The second-order valence-corrected chi connectivity index (χ2v) is 4.89. The molecule has 1 amide bonds. The molecule has 0 unspecified atom stereocenters. The fourth-order valence-electron chi connectivity index (χ4n) is 2.08. The van der Waals surface area contributed by atoms with E-state index in [9.17, 15) is 4.79 Å². The first-order valence-electron chi connectivity index (χ1n) is 7.03. The van der Waals surface area contributed by atoms with Gasteiger partial charge in [-0.05, 0) is 42.0 Å². The average molecular weight is 310 g/mol. The Morgan fingerprint density at radius 2 is 1.96 bits per heavy atom. The van der Waals surface area contributed by atoms with Gasteiger partial charge in [-0.3, -0.25) is 4.79 Å². The number of nitriles is 1. The molecule has 0 fully saturated rings. The Labute approximate surface area is 133 Å². The first kappa shape index (κ1) is 14.7. The molecule has 2 aromatic rings. The maximum Gasteiger partial charge on any atom is 0.258 e. The van der Waals surface area contributed by atoms with E-state index in [1.165, 1.54) is 0 Å². The van der Waals surface area contributed by atoms with Crippen molar-refractivity contribution in [2.45, 2.75) is 6.54 Å². The van der Waals surface area contributed by atoms with E-state index in [2.05, 4.69) is 5.32 Å². The van der Waals surface area contributed by atoms with E-state index in [0.717, 1.165) is 5.56 Å². The summed E-state index contributed by atoms with van der Waals surface area (Å²) in [5, 5.41) is 11.5. The second-order valence-electron chi connectivity index (χ2n) is 4.89. The second kappa shape index (κ2) is 6.71. The molecule has 0 bridgehead atoms. The highest BCUT2D eigenvalue weighted by Crippen LogP contribution is 2.32. The number of nitrogens with zero attached hydrogens (tertiary/aromatic N) is 1. The number of amides is 1. The Morgan fingerprint density at radius 1 is 1.17 bits per heavy atom. The SMILES string of the molecule is N#Cc1ccc(OCC(=O)NCc2ccc3c(c2)OCO3)cc1. The van der Waals surface area contributed by atoms with Gasteiger partial charge in [-0.15, -0.1) is 0 Å². The van der Waals surface area contributed by atoms with Gasteiger partial charge in [0, 0.05) is 6.54 Å². The van der Waals surface area contributed by atoms with Crippen LogP contribution in [0.25, 0.3) is 0 Å². The molecule has 1 aliphatic rings. The van der Waals surface area contributed by atoms with Crippen molar-refractivity contribution >= 4 is 5.91 Å². The number of benzene rings is 2. The lowest BCUT2D eigenvalue weighted by atomic mass is 10.2. The van der Waals surface area contributed by atoms with Gasteiger partial charge in [0.25, 0.3) is 5.91 Å². The first-order valence-corrected chi connectivity index (χ1v) is 7.03. The molecular weight excluding hydrogens is 296 g/mol. The number of carbonyl (C=O) groups excluding carboxylic acids is 1. The fourth-order valence-corrected chi connectivity index (χ4v) is 2.08. The van der Waals surface area contributed by atoms with Crippen LogP contribution in [0.3, 0.4) is 0 Å². The van der Waals surface area contributed by atoms with Gasteiger partial charge < -0.3 is 19.5 Å². The molecule has 0 aromatic heterocycles. The normalized spacial score (nSPS) is 11.6. The largest absolute Gasteiger partial charge is 0.484 e. The van der Waals surface area contributed by atoms with Crippen molar-refractivity contribution in [2.24, 2.45) is 0 Å². The minimum Gasteiger partial charge on any atom is -0.484 e. The third-order valence-electron chi connectivity index (χ3n) is 3.28. The summed E-state index contributed by atoms with van der Waals surface area (Å²) >= 11 is 0. The van der Waals surface area contributed by atoms with Crippen molar-refractivity contribution in [3.05, 3.63) is 53.6 Å². The molecule has 116 valence electrons. The van der Waals surface area contributed by atoms with E-state index >= 15 is 0 Å². The third kappa shape index (κ3) is 3.71. The number of ether oxygens (including phenoxy) is 3. The summed E-state index contributed by atoms with van der Waals surface area (Å²) in [6.07, 6.45) is 0. The van der Waals surface area contributed by atoms with Crippen LogP contribution in [0.4, 0.5) is 0 Å². The Kier molecular flexibility index (Phi) is 4.29. The van der Waals surface area contributed by atoms with E-state index in [4.69, 9.17) is 19.5 Å². The molecule has 23 heavy (non-hydrogen) atoms. The highest BCUT2D eigenvalue weighted by molar-refractivity contribution is 5.77. The van der Waals surface area contributed by atoms with Gasteiger partial charge in [0.2, 0.25) is 6.79 Å². The van der Waals surface area contributed by atoms with Crippen LogP contribution in [0, 0.1) is 11.3 Å². The molecule has 0 spiro atoms. The van der Waals surface area contributed by atoms with Crippen molar-refractivity contribution in [1.82, 2.24) is 5.32 Å². The maximum absolute atomic E-state index is 11.8. The van der Waals surface area contributed by atoms with E-state index in [0.29, 0.717) is 29.4 Å². The van der Waals surface area contributed by atoms with Crippen LogP contribution in [0.1, 0.15) is 11.1 Å². The highest BCUT2D eigenvalue weighted by Gasteiger charge is 2.13. The van der Waals surface area contributed by atoms with Crippen LogP contribution in [0.5, 0.6) is 17.2 Å². The Balaban J connectivity index is 1.47. The zero-order chi connectivity index (χ0) is 16.1.